The summed E-state index contributed by atoms with van der Waals surface area (Å²) < 4.78 is 0. The van der Waals surface area contributed by atoms with E-state index in [1.54, 1.807) is 12.2 Å². The Labute approximate surface area is 72.4 Å². The first-order chi connectivity index (χ1) is 5.74. The van der Waals surface area contributed by atoms with E-state index in [0.29, 0.717) is 5.70 Å². The van der Waals surface area contributed by atoms with Crippen LogP contribution in [0.2, 0.25) is 0 Å². The molecule has 0 saturated heterocycles. The lowest BCUT2D eigenvalue weighted by Crippen LogP contribution is -1.99. The van der Waals surface area contributed by atoms with Gasteiger partial charge in [0.2, 0.25) is 0 Å². The number of aromatic nitrogens is 1. The van der Waals surface area contributed by atoms with Crippen LogP contribution in [0, 0.1) is 6.92 Å². The number of nitrogens with two attached hydrogens (primary N) is 1. The van der Waals surface area contributed by atoms with Gasteiger partial charge in [-0.3, -0.25) is 4.98 Å². The summed E-state index contributed by atoms with van der Waals surface area (Å²) >= 11 is 0. The van der Waals surface area contributed by atoms with Gasteiger partial charge in [-0.25, -0.2) is 0 Å². The quantitative estimate of drug-likeness (QED) is 0.671. The predicted molar refractivity (Wildman–Crippen MR) is 51.3 cm³/mol. The molecule has 0 atom stereocenters. The number of nitrogens with zero attached hydrogens (tertiary/aromatic N) is 1. The van der Waals surface area contributed by atoms with Gasteiger partial charge in [-0.2, -0.15) is 0 Å². The minimum atomic E-state index is 0.647. The van der Waals surface area contributed by atoms with Crippen LogP contribution in [0.1, 0.15) is 11.4 Å². The Balaban J connectivity index is 3.03. The maximum atomic E-state index is 5.70. The van der Waals surface area contributed by atoms with Crippen molar-refractivity contribution in [3.63, 3.8) is 0 Å². The van der Waals surface area contributed by atoms with E-state index in [1.165, 1.54) is 0 Å². The zero-order chi connectivity index (χ0) is 8.97. The third-order valence-electron chi connectivity index (χ3n) is 1.48. The molecule has 1 heterocycles. The number of hydrogen-bond acceptors (Lipinski definition) is 2. The molecule has 0 aliphatic rings. The fourth-order valence-electron chi connectivity index (χ4n) is 0.916. The van der Waals surface area contributed by atoms with Crippen molar-refractivity contribution in [2.75, 3.05) is 0 Å². The molecule has 2 N–H and O–H groups in total. The van der Waals surface area contributed by atoms with Gasteiger partial charge in [-0.15, -0.1) is 0 Å². The standard InChI is InChI=1S/C10H12N2/c1-3-5-9(11)10-7-4-6-8(2)12-10/h3-7H,1,11H2,2H3/b9-5-. The Morgan fingerprint density at radius 1 is 1.58 bits per heavy atom. The van der Waals surface area contributed by atoms with Gasteiger partial charge in [-0.1, -0.05) is 18.7 Å². The summed E-state index contributed by atoms with van der Waals surface area (Å²) in [6.07, 6.45) is 3.39. The van der Waals surface area contributed by atoms with Gasteiger partial charge in [-0.05, 0) is 25.1 Å². The van der Waals surface area contributed by atoms with Crippen molar-refractivity contribution in [3.8, 4) is 0 Å². The van der Waals surface area contributed by atoms with Crippen LogP contribution in [-0.2, 0) is 0 Å². The second-order valence-electron chi connectivity index (χ2n) is 2.52. The lowest BCUT2D eigenvalue weighted by atomic mass is 10.2. The third-order valence-corrected chi connectivity index (χ3v) is 1.48. The molecule has 0 aliphatic carbocycles. The zero-order valence-electron chi connectivity index (χ0n) is 7.12. The molecule has 1 rings (SSSR count). The van der Waals surface area contributed by atoms with E-state index in [9.17, 15) is 0 Å². The summed E-state index contributed by atoms with van der Waals surface area (Å²) in [6, 6.07) is 5.74. The highest BCUT2D eigenvalue weighted by molar-refractivity contribution is 5.60. The maximum absolute atomic E-state index is 5.70. The number of hydrogen-bond donors (Lipinski definition) is 1. The Kier molecular flexibility index (Phi) is 2.64. The Hall–Kier alpha value is -1.57. The largest absolute Gasteiger partial charge is 0.397 e. The summed E-state index contributed by atoms with van der Waals surface area (Å²) in [5.74, 6) is 0. The minimum absolute atomic E-state index is 0.647. The predicted octanol–water partition coefficient (Wildman–Crippen LogP) is 1.88. The highest BCUT2D eigenvalue weighted by atomic mass is 14.8. The molecule has 12 heavy (non-hydrogen) atoms. The number of aryl methyl sites for hydroxylation is 1. The first-order valence-electron chi connectivity index (χ1n) is 3.76. The molecule has 62 valence electrons. The van der Waals surface area contributed by atoms with E-state index in [4.69, 9.17) is 5.73 Å². The molecule has 0 spiro atoms. The zero-order valence-corrected chi connectivity index (χ0v) is 7.12. The molecule has 0 radical (unpaired) electrons. The van der Waals surface area contributed by atoms with Crippen molar-refractivity contribution < 1.29 is 0 Å². The van der Waals surface area contributed by atoms with E-state index in [1.807, 2.05) is 25.1 Å². The summed E-state index contributed by atoms with van der Waals surface area (Å²) in [4.78, 5) is 4.25. The lowest BCUT2D eigenvalue weighted by molar-refractivity contribution is 1.16. The summed E-state index contributed by atoms with van der Waals surface area (Å²) in [5.41, 5.74) is 8.12. The molecule has 0 fully saturated rings. The van der Waals surface area contributed by atoms with Crippen molar-refractivity contribution >= 4 is 5.70 Å². The first-order valence-corrected chi connectivity index (χ1v) is 3.76. The first kappa shape index (κ1) is 8.53. The number of allylic oxidation sites excluding steroid dienone is 2. The minimum Gasteiger partial charge on any atom is -0.397 e. The SMILES string of the molecule is C=C/C=C(\N)c1cccc(C)n1. The van der Waals surface area contributed by atoms with Gasteiger partial charge < -0.3 is 5.73 Å². The van der Waals surface area contributed by atoms with Crippen molar-refractivity contribution in [1.82, 2.24) is 4.98 Å². The molecule has 0 saturated carbocycles. The van der Waals surface area contributed by atoms with Gasteiger partial charge in [0.05, 0.1) is 11.4 Å². The Bertz CT molecular complexity index is 313. The molecule has 0 unspecified atom stereocenters. The van der Waals surface area contributed by atoms with Crippen molar-refractivity contribution in [3.05, 3.63) is 48.3 Å². The van der Waals surface area contributed by atoms with Crippen LogP contribution in [0.15, 0.2) is 36.9 Å². The van der Waals surface area contributed by atoms with Crippen LogP contribution in [0.25, 0.3) is 5.70 Å². The van der Waals surface area contributed by atoms with Crippen molar-refractivity contribution in [1.29, 1.82) is 0 Å². The van der Waals surface area contributed by atoms with E-state index < -0.39 is 0 Å². The smallest absolute Gasteiger partial charge is 0.0862 e. The van der Waals surface area contributed by atoms with E-state index >= 15 is 0 Å². The normalized spacial score (nSPS) is 11.2. The molecule has 1 aromatic rings. The van der Waals surface area contributed by atoms with Gasteiger partial charge in [0, 0.05) is 5.69 Å². The fraction of sp³-hybridized carbons (Fsp3) is 0.100. The van der Waals surface area contributed by atoms with Crippen LogP contribution >= 0.6 is 0 Å². The summed E-state index contributed by atoms with van der Waals surface area (Å²) in [6.45, 7) is 5.50. The van der Waals surface area contributed by atoms with Gasteiger partial charge in [0.15, 0.2) is 0 Å². The number of pyridine rings is 1. The second-order valence-corrected chi connectivity index (χ2v) is 2.52. The van der Waals surface area contributed by atoms with Crippen molar-refractivity contribution in [2.24, 2.45) is 5.73 Å². The summed E-state index contributed by atoms with van der Waals surface area (Å²) in [5, 5.41) is 0. The van der Waals surface area contributed by atoms with E-state index in [-0.39, 0.29) is 0 Å². The average Bonchev–Trinajstić information content (AvgIpc) is 2.05. The molecule has 0 bridgehead atoms. The molecular weight excluding hydrogens is 148 g/mol. The van der Waals surface area contributed by atoms with Gasteiger partial charge in [0.25, 0.3) is 0 Å². The highest BCUT2D eigenvalue weighted by Gasteiger charge is 1.95. The highest BCUT2D eigenvalue weighted by Crippen LogP contribution is 2.05. The fourth-order valence-corrected chi connectivity index (χ4v) is 0.916. The monoisotopic (exact) mass is 160 g/mol. The van der Waals surface area contributed by atoms with Crippen LogP contribution in [0.4, 0.5) is 0 Å². The Morgan fingerprint density at radius 2 is 2.33 bits per heavy atom. The molecule has 2 nitrogen and oxygen atoms in total. The van der Waals surface area contributed by atoms with Crippen LogP contribution in [-0.4, -0.2) is 4.98 Å². The average molecular weight is 160 g/mol. The molecule has 1 aromatic heterocycles. The van der Waals surface area contributed by atoms with E-state index in [0.717, 1.165) is 11.4 Å². The molecule has 0 amide bonds. The lowest BCUT2D eigenvalue weighted by Gasteiger charge is -1.99. The number of rotatable bonds is 2. The van der Waals surface area contributed by atoms with Gasteiger partial charge in [0.1, 0.15) is 0 Å². The molecule has 0 aromatic carbocycles. The van der Waals surface area contributed by atoms with Crippen LogP contribution in [0.5, 0.6) is 0 Å². The molecular formula is C10H12N2. The van der Waals surface area contributed by atoms with Crippen molar-refractivity contribution in [2.45, 2.75) is 6.92 Å². The topological polar surface area (TPSA) is 38.9 Å². The molecule has 0 aliphatic heterocycles. The second kappa shape index (κ2) is 3.72. The van der Waals surface area contributed by atoms with E-state index in [2.05, 4.69) is 11.6 Å². The van der Waals surface area contributed by atoms with Crippen LogP contribution in [0.3, 0.4) is 0 Å². The third kappa shape index (κ3) is 1.95. The van der Waals surface area contributed by atoms with Crippen LogP contribution < -0.4 is 5.73 Å². The summed E-state index contributed by atoms with van der Waals surface area (Å²) in [7, 11) is 0. The Morgan fingerprint density at radius 3 is 2.92 bits per heavy atom. The molecule has 2 heteroatoms. The van der Waals surface area contributed by atoms with Gasteiger partial charge >= 0.3 is 0 Å². The maximum Gasteiger partial charge on any atom is 0.0862 e.